The van der Waals surface area contributed by atoms with Crippen LogP contribution in [0.15, 0.2) is 67.0 Å². The highest BCUT2D eigenvalue weighted by Gasteiger charge is 2.42. The molecule has 2 N–H and O–H groups in total. The number of aromatic nitrogens is 3. The third kappa shape index (κ3) is 5.65. The molecule has 1 aliphatic rings. The highest BCUT2D eigenvalue weighted by Crippen LogP contribution is 2.42. The fourth-order valence-electron chi connectivity index (χ4n) is 4.64. The molecular formula is C28H22F4N4O4. The number of ether oxygens (including phenoxy) is 1. The second-order valence-electron chi connectivity index (χ2n) is 9.19. The van der Waals surface area contributed by atoms with E-state index in [2.05, 4.69) is 15.4 Å². The number of carbonyl (C=O) groups is 2. The van der Waals surface area contributed by atoms with Crippen molar-refractivity contribution in [3.05, 3.63) is 106 Å². The Balaban J connectivity index is 1.47. The molecule has 4 aromatic rings. The Hall–Kier alpha value is -4.74. The normalized spacial score (nSPS) is 14.8. The van der Waals surface area contributed by atoms with Gasteiger partial charge in [0.15, 0.2) is 5.69 Å². The SMILES string of the molecule is O=C(O)c1ccc(OC2CCCc3c(C(F)(F)F)nn(-c4cccc(C(=O)NCc5cncc(F)c5)c4)c32)cc1. The molecule has 0 bridgehead atoms. The molecule has 0 aliphatic heterocycles. The number of pyridine rings is 1. The highest BCUT2D eigenvalue weighted by molar-refractivity contribution is 5.94. The van der Waals surface area contributed by atoms with Gasteiger partial charge in [0.25, 0.3) is 5.91 Å². The first-order chi connectivity index (χ1) is 19.1. The van der Waals surface area contributed by atoms with Crippen LogP contribution in [-0.2, 0) is 19.1 Å². The smallest absolute Gasteiger partial charge is 0.435 e. The van der Waals surface area contributed by atoms with Crippen LogP contribution in [0.25, 0.3) is 5.69 Å². The number of nitrogens with zero attached hydrogens (tertiary/aromatic N) is 3. The summed E-state index contributed by atoms with van der Waals surface area (Å²) < 4.78 is 62.6. The van der Waals surface area contributed by atoms with Gasteiger partial charge in [-0.3, -0.25) is 9.78 Å². The van der Waals surface area contributed by atoms with Gasteiger partial charge in [0.1, 0.15) is 17.7 Å². The van der Waals surface area contributed by atoms with Crippen molar-refractivity contribution in [1.82, 2.24) is 20.1 Å². The number of amides is 1. The average Bonchev–Trinajstić information content (AvgIpc) is 3.34. The number of nitrogens with one attached hydrogen (secondary N) is 1. The second kappa shape index (κ2) is 10.8. The Labute approximate surface area is 225 Å². The molecule has 8 nitrogen and oxygen atoms in total. The number of carboxylic acids is 1. The molecule has 1 atom stereocenters. The molecule has 0 radical (unpaired) electrons. The van der Waals surface area contributed by atoms with Crippen LogP contribution >= 0.6 is 0 Å². The summed E-state index contributed by atoms with van der Waals surface area (Å²) >= 11 is 0. The number of benzene rings is 2. The van der Waals surface area contributed by atoms with Gasteiger partial charge in [-0.1, -0.05) is 6.07 Å². The van der Waals surface area contributed by atoms with E-state index in [1.54, 1.807) is 0 Å². The van der Waals surface area contributed by atoms with E-state index >= 15 is 0 Å². The van der Waals surface area contributed by atoms with Gasteiger partial charge in [0.2, 0.25) is 0 Å². The lowest BCUT2D eigenvalue weighted by Crippen LogP contribution is -2.23. The molecular weight excluding hydrogens is 532 g/mol. The summed E-state index contributed by atoms with van der Waals surface area (Å²) in [5.41, 5.74) is 0.0802. The third-order valence-corrected chi connectivity index (χ3v) is 6.44. The van der Waals surface area contributed by atoms with Crippen molar-refractivity contribution < 1.29 is 37.0 Å². The van der Waals surface area contributed by atoms with Crippen LogP contribution in [0.5, 0.6) is 5.75 Å². The van der Waals surface area contributed by atoms with Crippen LogP contribution in [0.4, 0.5) is 17.6 Å². The van der Waals surface area contributed by atoms with Crippen molar-refractivity contribution in [2.24, 2.45) is 0 Å². The molecule has 12 heteroatoms. The Bertz CT molecular complexity index is 1570. The van der Waals surface area contributed by atoms with E-state index in [1.165, 1.54) is 60.8 Å². The van der Waals surface area contributed by atoms with Gasteiger partial charge in [-0.05, 0) is 73.4 Å². The van der Waals surface area contributed by atoms with E-state index in [0.717, 1.165) is 10.9 Å². The molecule has 0 saturated carbocycles. The van der Waals surface area contributed by atoms with Gasteiger partial charge in [-0.2, -0.15) is 18.3 Å². The van der Waals surface area contributed by atoms with E-state index in [1.807, 2.05) is 0 Å². The minimum Gasteiger partial charge on any atom is -0.484 e. The average molecular weight is 555 g/mol. The molecule has 1 unspecified atom stereocenters. The van der Waals surface area contributed by atoms with Gasteiger partial charge in [0.05, 0.1) is 23.1 Å². The Morgan fingerprint density at radius 2 is 1.85 bits per heavy atom. The van der Waals surface area contributed by atoms with Crippen LogP contribution in [0.1, 0.15) is 62.2 Å². The van der Waals surface area contributed by atoms with E-state index in [9.17, 15) is 27.2 Å². The molecule has 0 fully saturated rings. The molecule has 1 aliphatic carbocycles. The number of hydrogen-bond acceptors (Lipinski definition) is 5. The maximum Gasteiger partial charge on any atom is 0.435 e. The summed E-state index contributed by atoms with van der Waals surface area (Å²) in [6, 6.07) is 12.8. The quantitative estimate of drug-likeness (QED) is 0.292. The zero-order chi connectivity index (χ0) is 28.4. The van der Waals surface area contributed by atoms with Crippen molar-refractivity contribution in [2.75, 3.05) is 0 Å². The van der Waals surface area contributed by atoms with Crippen molar-refractivity contribution in [3.63, 3.8) is 0 Å². The summed E-state index contributed by atoms with van der Waals surface area (Å²) in [5.74, 6) is -1.89. The van der Waals surface area contributed by atoms with Crippen molar-refractivity contribution in [1.29, 1.82) is 0 Å². The highest BCUT2D eigenvalue weighted by atomic mass is 19.4. The summed E-state index contributed by atoms with van der Waals surface area (Å²) in [7, 11) is 0. The summed E-state index contributed by atoms with van der Waals surface area (Å²) in [5, 5.41) is 15.7. The Morgan fingerprint density at radius 1 is 1.07 bits per heavy atom. The van der Waals surface area contributed by atoms with Gasteiger partial charge in [-0.25, -0.2) is 13.9 Å². The Kier molecular flexibility index (Phi) is 7.24. The third-order valence-electron chi connectivity index (χ3n) is 6.44. The first-order valence-electron chi connectivity index (χ1n) is 12.3. The van der Waals surface area contributed by atoms with E-state index in [4.69, 9.17) is 9.84 Å². The lowest BCUT2D eigenvalue weighted by Gasteiger charge is -2.26. The predicted molar refractivity (Wildman–Crippen MR) is 134 cm³/mol. The number of carbonyl (C=O) groups excluding carboxylic acids is 1. The fourth-order valence-corrected chi connectivity index (χ4v) is 4.64. The number of aromatic carboxylic acids is 1. The monoisotopic (exact) mass is 554 g/mol. The molecule has 0 saturated heterocycles. The van der Waals surface area contributed by atoms with Gasteiger partial charge < -0.3 is 15.2 Å². The van der Waals surface area contributed by atoms with Crippen LogP contribution in [-0.4, -0.2) is 31.7 Å². The molecule has 2 heterocycles. The predicted octanol–water partition coefficient (Wildman–Crippen LogP) is 5.51. The van der Waals surface area contributed by atoms with Crippen LogP contribution < -0.4 is 10.1 Å². The van der Waals surface area contributed by atoms with E-state index < -0.39 is 35.7 Å². The molecule has 5 rings (SSSR count). The van der Waals surface area contributed by atoms with Crippen LogP contribution in [0.2, 0.25) is 0 Å². The van der Waals surface area contributed by atoms with Crippen molar-refractivity contribution in [3.8, 4) is 11.4 Å². The second-order valence-corrected chi connectivity index (χ2v) is 9.19. The maximum absolute atomic E-state index is 14.0. The van der Waals surface area contributed by atoms with Crippen LogP contribution in [0, 0.1) is 5.82 Å². The topological polar surface area (TPSA) is 106 Å². The molecule has 2 aromatic carbocycles. The lowest BCUT2D eigenvalue weighted by molar-refractivity contribution is -0.142. The Morgan fingerprint density at radius 3 is 2.55 bits per heavy atom. The van der Waals surface area contributed by atoms with Gasteiger partial charge in [0, 0.05) is 23.9 Å². The fraction of sp³-hybridized carbons (Fsp3) is 0.214. The number of alkyl halides is 3. The number of fused-ring (bicyclic) bond motifs is 1. The first-order valence-corrected chi connectivity index (χ1v) is 12.3. The minimum absolute atomic E-state index is 0.000205. The molecule has 0 spiro atoms. The van der Waals surface area contributed by atoms with Crippen LogP contribution in [0.3, 0.4) is 0 Å². The van der Waals surface area contributed by atoms with Crippen molar-refractivity contribution in [2.45, 2.75) is 38.1 Å². The number of rotatable bonds is 7. The summed E-state index contributed by atoms with van der Waals surface area (Å²) in [6.07, 6.45) is -2.10. The standard InChI is InChI=1S/C28H22F4N4O4/c29-19-11-16(13-33-15-19)14-34-26(37)18-3-1-4-20(12-18)36-24-22(25(35-36)28(30,31)32)5-2-6-23(24)40-21-9-7-17(8-10-21)27(38)39/h1,3-4,7-13,15,23H,2,5-6,14H2,(H,34,37)(H,38,39). The summed E-state index contributed by atoms with van der Waals surface area (Å²) in [6.45, 7) is -0.000205. The first kappa shape index (κ1) is 26.9. The van der Waals surface area contributed by atoms with E-state index in [0.29, 0.717) is 24.2 Å². The van der Waals surface area contributed by atoms with Gasteiger partial charge in [-0.15, -0.1) is 0 Å². The number of carboxylic acid groups (broad SMARTS) is 1. The zero-order valence-electron chi connectivity index (χ0n) is 20.8. The minimum atomic E-state index is -4.71. The maximum atomic E-state index is 14.0. The molecule has 40 heavy (non-hydrogen) atoms. The number of halogens is 4. The largest absolute Gasteiger partial charge is 0.484 e. The van der Waals surface area contributed by atoms with Crippen molar-refractivity contribution >= 4 is 11.9 Å². The van der Waals surface area contributed by atoms with Gasteiger partial charge >= 0.3 is 12.1 Å². The molecule has 1 amide bonds. The molecule has 206 valence electrons. The lowest BCUT2D eigenvalue weighted by atomic mass is 9.92. The molecule has 2 aromatic heterocycles. The number of hydrogen-bond donors (Lipinski definition) is 2. The summed E-state index contributed by atoms with van der Waals surface area (Å²) in [4.78, 5) is 27.7. The van der Waals surface area contributed by atoms with E-state index in [-0.39, 0.29) is 41.0 Å². The zero-order valence-corrected chi connectivity index (χ0v) is 20.8.